The molecule has 0 spiro atoms. The maximum absolute atomic E-state index is 13.9. The summed E-state index contributed by atoms with van der Waals surface area (Å²) in [5.41, 5.74) is 4.45. The van der Waals surface area contributed by atoms with Crippen LogP contribution in [-0.2, 0) is 14.3 Å². The number of anilines is 5. The van der Waals surface area contributed by atoms with Crippen LogP contribution >= 0.6 is 46.4 Å². The lowest BCUT2D eigenvalue weighted by Crippen LogP contribution is -2.55. The molecule has 0 bridgehead atoms. The number of ether oxygens (including phenoxy) is 2. The molecule has 12 heterocycles. The quantitative estimate of drug-likeness (QED) is 0.0881. The Morgan fingerprint density at radius 1 is 0.421 bits per heavy atom. The summed E-state index contributed by atoms with van der Waals surface area (Å²) in [7, 11) is 0. The highest BCUT2D eigenvalue weighted by atomic mass is 35.5. The number of nitrogens with zero attached hydrogens (tertiary/aromatic N) is 17. The summed E-state index contributed by atoms with van der Waals surface area (Å²) < 4.78 is 15.9. The third-order valence-electron chi connectivity index (χ3n) is 22.7. The largest absolute Gasteiger partial charge is 0.444 e. The van der Waals surface area contributed by atoms with Crippen LogP contribution in [0, 0.1) is 0 Å². The molecule has 0 radical (unpaired) electrons. The number of amides is 3. The van der Waals surface area contributed by atoms with Gasteiger partial charge in [0.15, 0.2) is 16.9 Å². The zero-order chi connectivity index (χ0) is 87.1. The Balaban J connectivity index is 0.000000160. The van der Waals surface area contributed by atoms with Crippen LogP contribution in [0.3, 0.4) is 0 Å². The molecule has 6 aliphatic rings. The van der Waals surface area contributed by atoms with E-state index < -0.39 is 16.9 Å². The summed E-state index contributed by atoms with van der Waals surface area (Å²) in [6.45, 7) is 43.7. The highest BCUT2D eigenvalue weighted by Crippen LogP contribution is 2.40. The van der Waals surface area contributed by atoms with Gasteiger partial charge in [-0.05, 0) is 204 Å². The lowest BCUT2D eigenvalue weighted by Gasteiger charge is -2.41. The molecule has 6 aliphatic heterocycles. The number of piperidine rings is 3. The van der Waals surface area contributed by atoms with E-state index in [1.807, 2.05) is 152 Å². The van der Waals surface area contributed by atoms with Gasteiger partial charge in [0, 0.05) is 103 Å². The van der Waals surface area contributed by atoms with E-state index in [-0.39, 0.29) is 75.5 Å². The summed E-state index contributed by atoms with van der Waals surface area (Å²) in [6.07, 6.45) is 11.6. The Labute approximate surface area is 730 Å². The molecule has 0 unspecified atom stereocenters. The second-order valence-electron chi connectivity index (χ2n) is 35.1. The highest BCUT2D eigenvalue weighted by Gasteiger charge is 2.37. The van der Waals surface area contributed by atoms with E-state index in [9.17, 15) is 28.8 Å². The van der Waals surface area contributed by atoms with Crippen LogP contribution in [0.15, 0.2) is 118 Å². The molecular weight excluding hydrogens is 1610 g/mol. The van der Waals surface area contributed by atoms with Crippen molar-refractivity contribution in [1.29, 1.82) is 0 Å². The highest BCUT2D eigenvalue weighted by molar-refractivity contribution is 6.42. The van der Waals surface area contributed by atoms with Crippen molar-refractivity contribution in [2.45, 2.75) is 209 Å². The molecule has 648 valence electrons. The molecule has 3 amide bonds. The van der Waals surface area contributed by atoms with E-state index in [0.717, 1.165) is 85.3 Å². The number of nitrogens with one attached hydrogen (secondary N) is 1. The van der Waals surface area contributed by atoms with Gasteiger partial charge in [-0.2, -0.15) is 15.0 Å². The predicted octanol–water partition coefficient (Wildman–Crippen LogP) is 17.2. The monoisotopic (exact) mass is 1730 g/mol. The van der Waals surface area contributed by atoms with Gasteiger partial charge >= 0.3 is 29.3 Å². The zero-order valence-corrected chi connectivity index (χ0v) is 75.8. The molecule has 30 heteroatoms. The number of carbonyl (C=O) groups is 3. The summed E-state index contributed by atoms with van der Waals surface area (Å²) in [5.74, 6) is 3.46. The Kier molecular flexibility index (Phi) is 29.4. The molecule has 1 N–H and O–H groups in total. The van der Waals surface area contributed by atoms with Crippen molar-refractivity contribution in [1.82, 2.24) is 63.6 Å². The van der Waals surface area contributed by atoms with Crippen molar-refractivity contribution in [2.24, 2.45) is 0 Å². The van der Waals surface area contributed by atoms with Gasteiger partial charge in [-0.25, -0.2) is 52.6 Å². The number of rotatable bonds is 12. The van der Waals surface area contributed by atoms with Gasteiger partial charge in [-0.3, -0.25) is 4.79 Å². The van der Waals surface area contributed by atoms with Crippen LogP contribution < -0.4 is 46.9 Å². The minimum absolute atomic E-state index is 0.0536. The lowest BCUT2D eigenvalue weighted by molar-refractivity contribution is -0.126. The maximum atomic E-state index is 13.9. The predicted molar refractivity (Wildman–Crippen MR) is 489 cm³/mol. The third-order valence-corrected chi connectivity index (χ3v) is 24.0. The van der Waals surface area contributed by atoms with Crippen molar-refractivity contribution in [3.05, 3.63) is 172 Å². The summed E-state index contributed by atoms with van der Waals surface area (Å²) in [5, 5.41) is 6.82. The molecule has 3 atom stereocenters. The topological polar surface area (TPSA) is 251 Å². The van der Waals surface area contributed by atoms with Crippen LogP contribution in [-0.4, -0.2) is 204 Å². The molecule has 121 heavy (non-hydrogen) atoms. The average molecular weight is 1730 g/mol. The van der Waals surface area contributed by atoms with E-state index in [1.54, 1.807) is 29.9 Å². The van der Waals surface area contributed by atoms with E-state index in [4.69, 9.17) is 65.8 Å². The number of fused-ring (bicyclic) bond motifs is 3. The molecule has 6 fully saturated rings. The summed E-state index contributed by atoms with van der Waals surface area (Å²) >= 11 is 26.5. The molecule has 6 aromatic heterocycles. The number of hydrogen-bond donors (Lipinski definition) is 1. The van der Waals surface area contributed by atoms with Crippen molar-refractivity contribution in [3.63, 3.8) is 0 Å². The van der Waals surface area contributed by atoms with E-state index >= 15 is 0 Å². The van der Waals surface area contributed by atoms with Crippen LogP contribution in [0.4, 0.5) is 38.7 Å². The fourth-order valence-corrected chi connectivity index (χ4v) is 17.5. The number of carbonyl (C=O) groups excluding carboxylic acids is 3. The van der Waals surface area contributed by atoms with Crippen molar-refractivity contribution in [3.8, 4) is 17.1 Å². The van der Waals surface area contributed by atoms with Crippen LogP contribution in [0.1, 0.15) is 196 Å². The molecule has 0 saturated carbocycles. The molecule has 15 rings (SSSR count). The Hall–Kier alpha value is -9.60. The van der Waals surface area contributed by atoms with Gasteiger partial charge in [-0.1, -0.05) is 156 Å². The van der Waals surface area contributed by atoms with Gasteiger partial charge in [0.2, 0.25) is 5.91 Å². The number of halogens is 4. The average Bonchev–Trinajstić information content (AvgIpc) is 0.783. The van der Waals surface area contributed by atoms with Crippen LogP contribution in [0.2, 0.25) is 20.2 Å². The fraction of sp³-hybridized carbons (Fsp3) is 0.516. The molecule has 9 aromatic rings. The fourth-order valence-electron chi connectivity index (χ4n) is 16.7. The van der Waals surface area contributed by atoms with Crippen molar-refractivity contribution < 1.29 is 23.9 Å². The normalized spacial score (nSPS) is 18.1. The van der Waals surface area contributed by atoms with Gasteiger partial charge in [0.25, 0.3) is 0 Å². The van der Waals surface area contributed by atoms with Crippen molar-refractivity contribution >= 4 is 127 Å². The zero-order valence-electron chi connectivity index (χ0n) is 72.8. The number of hydrogen-bond acceptors (Lipinski definition) is 20. The minimum Gasteiger partial charge on any atom is -0.444 e. The SMILES string of the molecule is C1CCNCC1.C=CC(=O)N1CCN(c2nc(=O)n(-c3ccccc3C(C)C)c3nc(N4CCCCC4)c(Cl)cc23)[C@@H](C)C1.CC(C)c1ccccc1-n1c(=O)nc(N2CCN(C(=O)OC(C)(C)C)C[C@@H]2C)c2cc(Cl)c(Cl)nc21.CC(C)c1ccccc1-n1c(=O)nc(N2CCN(C(=O)OC(C)(C)C)C[C@@H]2C)c2cc(Cl)c(N3CCCCC3)nc21. The first-order valence-corrected chi connectivity index (χ1v) is 44.3. The second-order valence-corrected chi connectivity index (χ2v) is 36.7. The smallest absolute Gasteiger partial charge is 0.410 e. The van der Waals surface area contributed by atoms with Crippen LogP contribution in [0.5, 0.6) is 0 Å². The standard InChI is InChI=1S/C31H41ClN6O3.C29H35ClN6O2.C26H31Cl2N5O3.C5H11N/c1-20(2)22-12-8-9-13-25(22)38-27-23(18-24(32)28(33-27)35-14-10-7-11-15-35)26(34-29(38)39)37-17-16-36(19-21(37)3)30(40)41-31(4,5)6;1-5-25(37)34-15-16-35(20(4)18-34)26-22-17-23(30)28(33-13-9-6-10-14-33)31-27(22)36(29(38)32-26)24-12-8-7-11-21(24)19(2)3;1-15(2)17-9-7-8-10-20(17)33-23-18(13-19(27)21(28)29-23)22(30-24(33)34)32-12-11-31(14-16(32)3)25(35)36-26(4,5)6;1-2-4-6-5-3-1/h8-9,12-13,18,20-21H,7,10-11,14-17,19H2,1-6H3;5,7-8,11-12,17,19-20H,1,6,9-10,13-16,18H2,2-4H3;7-10,13,15-16H,11-12,14H2,1-6H3;6H,1-5H2/t21-;20-;16-;/m000./s1. The molecule has 0 aliphatic carbocycles. The third kappa shape index (κ3) is 21.0. The van der Waals surface area contributed by atoms with Gasteiger partial charge in [-0.15, -0.1) is 0 Å². The Morgan fingerprint density at radius 3 is 1.04 bits per heavy atom. The second kappa shape index (κ2) is 39.3. The minimum atomic E-state index is -0.576. The number of para-hydroxylation sites is 3. The van der Waals surface area contributed by atoms with Crippen molar-refractivity contribution in [2.75, 3.05) is 123 Å². The maximum Gasteiger partial charge on any atom is 0.410 e. The molecule has 3 aromatic carbocycles. The number of piperazine rings is 3. The molecular formula is C91H118Cl4N18O8. The first-order valence-electron chi connectivity index (χ1n) is 42.8. The number of aromatic nitrogens is 9. The summed E-state index contributed by atoms with van der Waals surface area (Å²) in [4.78, 5) is 123. The first-order chi connectivity index (χ1) is 57.6. The molecule has 26 nitrogen and oxygen atoms in total. The van der Waals surface area contributed by atoms with Crippen LogP contribution in [0.25, 0.3) is 50.2 Å². The lowest BCUT2D eigenvalue weighted by atomic mass is 10.0. The summed E-state index contributed by atoms with van der Waals surface area (Å²) in [6, 6.07) is 28.8. The first kappa shape index (κ1) is 90.6. The van der Waals surface area contributed by atoms with E-state index in [0.29, 0.717) is 131 Å². The van der Waals surface area contributed by atoms with E-state index in [1.165, 1.54) is 55.8 Å². The van der Waals surface area contributed by atoms with Gasteiger partial charge in [0.05, 0.1) is 48.3 Å². The Bertz CT molecular complexity index is 5420. The Morgan fingerprint density at radius 2 is 0.736 bits per heavy atom. The van der Waals surface area contributed by atoms with E-state index in [2.05, 4.69) is 93.0 Å². The van der Waals surface area contributed by atoms with Gasteiger partial charge in [0.1, 0.15) is 45.4 Å². The number of benzene rings is 3. The molecule has 6 saturated heterocycles. The number of pyridine rings is 3. The van der Waals surface area contributed by atoms with Gasteiger partial charge < -0.3 is 54.0 Å².